The van der Waals surface area contributed by atoms with Gasteiger partial charge in [0.2, 0.25) is 0 Å². The summed E-state index contributed by atoms with van der Waals surface area (Å²) in [4.78, 5) is 34.1. The van der Waals surface area contributed by atoms with Gasteiger partial charge in [0, 0.05) is 70.0 Å². The fraction of sp³-hybridized carbons (Fsp3) is 0.333. The lowest BCUT2D eigenvalue weighted by molar-refractivity contribution is 0.0194. The number of phenolic OH excluding ortho intramolecular Hbond substituents is 2. The van der Waals surface area contributed by atoms with Crippen LogP contribution >= 0.6 is 0 Å². The number of benzene rings is 4. The van der Waals surface area contributed by atoms with E-state index in [1.165, 1.54) is 0 Å². The molecule has 0 bridgehead atoms. The molecule has 250 valence electrons. The van der Waals surface area contributed by atoms with Gasteiger partial charge in [-0.3, -0.25) is 19.5 Å². The number of aromatic hydroxyl groups is 2. The van der Waals surface area contributed by atoms with Crippen LogP contribution in [0.15, 0.2) is 97.1 Å². The summed E-state index contributed by atoms with van der Waals surface area (Å²) in [5, 5.41) is 29.6. The number of carbonyl (C=O) groups is 2. The normalized spacial score (nSPS) is 20.0. The average molecular weight is 649 g/mol. The zero-order valence-corrected chi connectivity index (χ0v) is 27.6. The molecule has 4 aromatic rings. The Morgan fingerprint density at radius 2 is 1.33 bits per heavy atom. The summed E-state index contributed by atoms with van der Waals surface area (Å²) in [7, 11) is 0. The van der Waals surface area contributed by atoms with Crippen LogP contribution in [0.4, 0.5) is 0 Å². The van der Waals surface area contributed by atoms with Crippen molar-refractivity contribution in [2.75, 3.05) is 39.3 Å². The highest BCUT2D eigenvalue weighted by molar-refractivity contribution is 5.94. The van der Waals surface area contributed by atoms with Crippen LogP contribution in [-0.4, -0.2) is 98.1 Å². The number of carboxylic acid groups (broad SMARTS) is 1. The minimum Gasteiger partial charge on any atom is -0.508 e. The van der Waals surface area contributed by atoms with Gasteiger partial charge in [-0.15, -0.1) is 0 Å². The van der Waals surface area contributed by atoms with Gasteiger partial charge in [0.1, 0.15) is 11.5 Å². The second-order valence-corrected chi connectivity index (χ2v) is 13.2. The number of rotatable bonds is 9. The van der Waals surface area contributed by atoms with Crippen LogP contribution in [0.2, 0.25) is 0 Å². The lowest BCUT2D eigenvalue weighted by Crippen LogP contribution is -2.56. The number of piperazine rings is 2. The maximum atomic E-state index is 13.8. The van der Waals surface area contributed by atoms with Gasteiger partial charge in [-0.05, 0) is 84.6 Å². The standard InChI is InChI=1S/C39H44N4O5/c1-27-24-43(28(2)23-42(27)26-30-6-3-10-35(44)20-30)37(33-8-5-11-36(45)22-33)32-7-4-9-34(21-32)38(46)41-18-16-40(17-19-41)25-29-12-14-31(15-13-29)39(47)48/h3-15,20-22,27-28,37,44-45H,16-19,23-26H2,1-2H3,(H,47,48)/t27-,28+,37-/m1/s1. The number of amides is 1. The van der Waals surface area contributed by atoms with E-state index in [9.17, 15) is 24.9 Å². The number of carbonyl (C=O) groups excluding carboxylic acids is 1. The molecular formula is C39H44N4O5. The van der Waals surface area contributed by atoms with E-state index in [-0.39, 0.29) is 41.1 Å². The van der Waals surface area contributed by atoms with E-state index in [4.69, 9.17) is 0 Å². The van der Waals surface area contributed by atoms with Crippen molar-refractivity contribution in [2.45, 2.75) is 45.1 Å². The topological polar surface area (TPSA) is 108 Å². The van der Waals surface area contributed by atoms with Crippen molar-refractivity contribution in [2.24, 2.45) is 0 Å². The van der Waals surface area contributed by atoms with Gasteiger partial charge < -0.3 is 20.2 Å². The molecule has 9 nitrogen and oxygen atoms in total. The van der Waals surface area contributed by atoms with Crippen molar-refractivity contribution in [1.82, 2.24) is 19.6 Å². The van der Waals surface area contributed by atoms with Crippen LogP contribution in [0.25, 0.3) is 0 Å². The Kier molecular flexibility index (Phi) is 10.1. The molecule has 0 spiro atoms. The highest BCUT2D eigenvalue weighted by atomic mass is 16.4. The second-order valence-electron chi connectivity index (χ2n) is 13.2. The Morgan fingerprint density at radius 1 is 0.688 bits per heavy atom. The van der Waals surface area contributed by atoms with Gasteiger partial charge >= 0.3 is 5.97 Å². The van der Waals surface area contributed by atoms with E-state index in [1.807, 2.05) is 71.6 Å². The molecule has 2 saturated heterocycles. The minimum atomic E-state index is -0.931. The molecule has 48 heavy (non-hydrogen) atoms. The van der Waals surface area contributed by atoms with Crippen molar-refractivity contribution in [3.05, 3.63) is 130 Å². The predicted octanol–water partition coefficient (Wildman–Crippen LogP) is 5.44. The number of aromatic carboxylic acids is 1. The van der Waals surface area contributed by atoms with Gasteiger partial charge in [0.05, 0.1) is 11.6 Å². The molecule has 6 rings (SSSR count). The molecule has 3 atom stereocenters. The van der Waals surface area contributed by atoms with Crippen molar-refractivity contribution < 1.29 is 24.9 Å². The van der Waals surface area contributed by atoms with Crippen molar-refractivity contribution in [3.63, 3.8) is 0 Å². The van der Waals surface area contributed by atoms with E-state index in [2.05, 4.69) is 34.6 Å². The van der Waals surface area contributed by atoms with E-state index < -0.39 is 5.97 Å². The van der Waals surface area contributed by atoms with Crippen LogP contribution in [0.3, 0.4) is 0 Å². The number of phenols is 2. The van der Waals surface area contributed by atoms with E-state index in [1.54, 1.807) is 24.3 Å². The first-order valence-electron chi connectivity index (χ1n) is 16.6. The summed E-state index contributed by atoms with van der Waals surface area (Å²) < 4.78 is 0. The Bertz CT molecular complexity index is 1740. The van der Waals surface area contributed by atoms with Crippen LogP contribution in [-0.2, 0) is 13.1 Å². The van der Waals surface area contributed by atoms with Crippen molar-refractivity contribution in [3.8, 4) is 11.5 Å². The van der Waals surface area contributed by atoms with Crippen LogP contribution in [0.5, 0.6) is 11.5 Å². The maximum absolute atomic E-state index is 13.8. The van der Waals surface area contributed by atoms with Crippen LogP contribution in [0.1, 0.15) is 62.9 Å². The van der Waals surface area contributed by atoms with E-state index in [0.29, 0.717) is 25.2 Å². The number of hydrogen-bond donors (Lipinski definition) is 3. The largest absolute Gasteiger partial charge is 0.508 e. The fourth-order valence-corrected chi connectivity index (χ4v) is 7.11. The first kappa shape index (κ1) is 33.2. The molecule has 2 aliphatic heterocycles. The molecule has 4 aromatic carbocycles. The van der Waals surface area contributed by atoms with Gasteiger partial charge in [-0.25, -0.2) is 4.79 Å². The van der Waals surface area contributed by atoms with Gasteiger partial charge in [0.15, 0.2) is 0 Å². The van der Waals surface area contributed by atoms with E-state index >= 15 is 0 Å². The average Bonchev–Trinajstić information content (AvgIpc) is 3.07. The summed E-state index contributed by atoms with van der Waals surface area (Å²) in [6, 6.07) is 30.0. The molecule has 0 aromatic heterocycles. The quantitative estimate of drug-likeness (QED) is 0.220. The van der Waals surface area contributed by atoms with Crippen molar-refractivity contribution in [1.29, 1.82) is 0 Å². The Morgan fingerprint density at radius 3 is 2.00 bits per heavy atom. The molecule has 2 heterocycles. The third-order valence-corrected chi connectivity index (χ3v) is 9.69. The minimum absolute atomic E-state index is 0.00863. The summed E-state index contributed by atoms with van der Waals surface area (Å²) >= 11 is 0. The molecule has 0 saturated carbocycles. The number of hydrogen-bond acceptors (Lipinski definition) is 7. The fourth-order valence-electron chi connectivity index (χ4n) is 7.11. The first-order valence-corrected chi connectivity index (χ1v) is 16.6. The second kappa shape index (κ2) is 14.6. The monoisotopic (exact) mass is 648 g/mol. The molecule has 9 heteroatoms. The molecule has 0 radical (unpaired) electrons. The maximum Gasteiger partial charge on any atom is 0.335 e. The highest BCUT2D eigenvalue weighted by Gasteiger charge is 2.35. The predicted molar refractivity (Wildman–Crippen MR) is 185 cm³/mol. The molecule has 2 fully saturated rings. The SMILES string of the molecule is C[C@@H]1CN([C@@H](c2cccc(O)c2)c2cccc(C(=O)N3CCN(Cc4ccc(C(=O)O)cc4)CC3)c2)[C@@H](C)CN1Cc1cccc(O)c1. The van der Waals surface area contributed by atoms with Crippen molar-refractivity contribution >= 4 is 11.9 Å². The van der Waals surface area contributed by atoms with Gasteiger partial charge in [-0.2, -0.15) is 0 Å². The smallest absolute Gasteiger partial charge is 0.335 e. The molecule has 0 aliphatic carbocycles. The number of carboxylic acids is 1. The Hall–Kier alpha value is -4.70. The summed E-state index contributed by atoms with van der Waals surface area (Å²) in [5.74, 6) is -0.436. The highest BCUT2D eigenvalue weighted by Crippen LogP contribution is 2.35. The summed E-state index contributed by atoms with van der Waals surface area (Å²) in [5.41, 5.74) is 5.04. The zero-order chi connectivity index (χ0) is 33.8. The van der Waals surface area contributed by atoms with Crippen LogP contribution < -0.4 is 0 Å². The summed E-state index contributed by atoms with van der Waals surface area (Å²) in [6.45, 7) is 10.2. The zero-order valence-electron chi connectivity index (χ0n) is 27.6. The molecule has 3 N–H and O–H groups in total. The van der Waals surface area contributed by atoms with Crippen LogP contribution in [0, 0.1) is 0 Å². The van der Waals surface area contributed by atoms with Gasteiger partial charge in [0.25, 0.3) is 5.91 Å². The molecular weight excluding hydrogens is 604 g/mol. The Labute approximate surface area is 282 Å². The molecule has 0 unspecified atom stereocenters. The third kappa shape index (κ3) is 7.71. The molecule has 2 aliphatic rings. The number of nitrogens with zero attached hydrogens (tertiary/aromatic N) is 4. The summed E-state index contributed by atoms with van der Waals surface area (Å²) in [6.07, 6.45) is 0. The molecule has 1 amide bonds. The lowest BCUT2D eigenvalue weighted by Gasteiger charge is -2.47. The third-order valence-electron chi connectivity index (χ3n) is 9.69. The van der Waals surface area contributed by atoms with Gasteiger partial charge in [-0.1, -0.05) is 48.5 Å². The first-order chi connectivity index (χ1) is 23.1. The Balaban J connectivity index is 1.17. The lowest BCUT2D eigenvalue weighted by atomic mass is 9.92. The van der Waals surface area contributed by atoms with E-state index in [0.717, 1.165) is 55.0 Å².